The van der Waals surface area contributed by atoms with Crippen molar-refractivity contribution in [3.63, 3.8) is 0 Å². The van der Waals surface area contributed by atoms with Gasteiger partial charge in [0.25, 0.3) is 0 Å². The van der Waals surface area contributed by atoms with Crippen LogP contribution in [0.3, 0.4) is 0 Å². The van der Waals surface area contributed by atoms with E-state index in [1.165, 1.54) is 0 Å². The minimum absolute atomic E-state index is 0.134. The lowest BCUT2D eigenvalue weighted by atomic mass is 9.96. The number of fused-ring (bicyclic) bond motifs is 2. The molecule has 2 heteroatoms. The number of ether oxygens (including phenoxy) is 2. The van der Waals surface area contributed by atoms with Crippen LogP contribution in [-0.2, 0) is 9.47 Å². The molecule has 48 valence electrons. The summed E-state index contributed by atoms with van der Waals surface area (Å²) in [5, 5.41) is 0. The SMILES string of the molecule is C[C@@H]1OC2OC2C12C=C2. The zero-order valence-corrected chi connectivity index (χ0v) is 5.20. The van der Waals surface area contributed by atoms with Crippen LogP contribution in [-0.4, -0.2) is 18.5 Å². The Morgan fingerprint density at radius 2 is 2.11 bits per heavy atom. The fourth-order valence-corrected chi connectivity index (χ4v) is 1.66. The number of rotatable bonds is 0. The third-order valence-electron chi connectivity index (χ3n) is 2.54. The molecule has 2 nitrogen and oxygen atoms in total. The fourth-order valence-electron chi connectivity index (χ4n) is 1.66. The maximum atomic E-state index is 5.43. The van der Waals surface area contributed by atoms with E-state index in [0.717, 1.165) is 0 Å². The molecule has 0 bridgehead atoms. The largest absolute Gasteiger partial charge is 0.346 e. The molecule has 3 rings (SSSR count). The van der Waals surface area contributed by atoms with Gasteiger partial charge in [0.2, 0.25) is 0 Å². The Kier molecular flexibility index (Phi) is 0.485. The van der Waals surface area contributed by atoms with E-state index >= 15 is 0 Å². The highest BCUT2D eigenvalue weighted by atomic mass is 16.8. The Labute approximate surface area is 53.4 Å². The molecule has 0 aromatic carbocycles. The second-order valence-corrected chi connectivity index (χ2v) is 3.04. The molecule has 3 atom stereocenters. The van der Waals surface area contributed by atoms with E-state index in [0.29, 0.717) is 12.2 Å². The van der Waals surface area contributed by atoms with Crippen LogP contribution in [0.5, 0.6) is 0 Å². The van der Waals surface area contributed by atoms with Crippen molar-refractivity contribution in [2.24, 2.45) is 5.41 Å². The lowest BCUT2D eigenvalue weighted by Gasteiger charge is -2.14. The van der Waals surface area contributed by atoms with Crippen LogP contribution in [0.15, 0.2) is 12.2 Å². The third-order valence-corrected chi connectivity index (χ3v) is 2.54. The molecule has 2 aliphatic heterocycles. The fraction of sp³-hybridized carbons (Fsp3) is 0.714. The van der Waals surface area contributed by atoms with Gasteiger partial charge in [0, 0.05) is 0 Å². The van der Waals surface area contributed by atoms with Crippen molar-refractivity contribution in [1.82, 2.24) is 0 Å². The lowest BCUT2D eigenvalue weighted by Crippen LogP contribution is -2.21. The van der Waals surface area contributed by atoms with Crippen LogP contribution >= 0.6 is 0 Å². The van der Waals surface area contributed by atoms with Crippen molar-refractivity contribution in [2.75, 3.05) is 0 Å². The molecule has 0 aromatic heterocycles. The van der Waals surface area contributed by atoms with Crippen molar-refractivity contribution in [3.8, 4) is 0 Å². The molecule has 0 N–H and O–H groups in total. The van der Waals surface area contributed by atoms with E-state index in [4.69, 9.17) is 9.47 Å². The summed E-state index contributed by atoms with van der Waals surface area (Å²) < 4.78 is 10.6. The van der Waals surface area contributed by atoms with E-state index in [2.05, 4.69) is 19.1 Å². The van der Waals surface area contributed by atoms with Gasteiger partial charge in [-0.25, -0.2) is 0 Å². The van der Waals surface area contributed by atoms with Gasteiger partial charge in [0.15, 0.2) is 6.29 Å². The molecule has 2 fully saturated rings. The van der Waals surface area contributed by atoms with Crippen molar-refractivity contribution < 1.29 is 9.47 Å². The van der Waals surface area contributed by atoms with Crippen LogP contribution < -0.4 is 0 Å². The van der Waals surface area contributed by atoms with Gasteiger partial charge in [0.05, 0.1) is 11.5 Å². The van der Waals surface area contributed by atoms with Gasteiger partial charge in [0.1, 0.15) is 6.10 Å². The summed E-state index contributed by atoms with van der Waals surface area (Å²) >= 11 is 0. The Hall–Kier alpha value is -0.340. The molecule has 0 saturated carbocycles. The first-order valence-electron chi connectivity index (χ1n) is 3.34. The van der Waals surface area contributed by atoms with E-state index < -0.39 is 0 Å². The molecular weight excluding hydrogens is 116 g/mol. The van der Waals surface area contributed by atoms with E-state index in [1.54, 1.807) is 0 Å². The molecule has 2 heterocycles. The smallest absolute Gasteiger partial charge is 0.186 e. The molecule has 9 heavy (non-hydrogen) atoms. The second kappa shape index (κ2) is 0.976. The second-order valence-electron chi connectivity index (χ2n) is 3.04. The Morgan fingerprint density at radius 1 is 1.33 bits per heavy atom. The van der Waals surface area contributed by atoms with Gasteiger partial charge >= 0.3 is 0 Å². The predicted octanol–water partition coefficient (Wildman–Crippen LogP) is 0.686. The predicted molar refractivity (Wildman–Crippen MR) is 30.8 cm³/mol. The van der Waals surface area contributed by atoms with Gasteiger partial charge in [-0.15, -0.1) is 0 Å². The highest BCUT2D eigenvalue weighted by Crippen LogP contribution is 2.58. The Morgan fingerprint density at radius 3 is 2.44 bits per heavy atom. The lowest BCUT2D eigenvalue weighted by molar-refractivity contribution is -0.0269. The number of hydrogen-bond acceptors (Lipinski definition) is 2. The van der Waals surface area contributed by atoms with Crippen LogP contribution in [0.2, 0.25) is 0 Å². The molecule has 0 amide bonds. The van der Waals surface area contributed by atoms with Crippen molar-refractivity contribution in [2.45, 2.75) is 25.4 Å². The molecule has 0 radical (unpaired) electrons. The Balaban J connectivity index is 1.99. The van der Waals surface area contributed by atoms with Gasteiger partial charge in [-0.1, -0.05) is 12.2 Å². The van der Waals surface area contributed by atoms with Crippen LogP contribution in [0.25, 0.3) is 0 Å². The van der Waals surface area contributed by atoms with Crippen LogP contribution in [0.1, 0.15) is 6.92 Å². The minimum Gasteiger partial charge on any atom is -0.346 e. The summed E-state index contributed by atoms with van der Waals surface area (Å²) in [6.07, 6.45) is 5.26. The summed E-state index contributed by atoms with van der Waals surface area (Å²) in [6, 6.07) is 0. The number of hydrogen-bond donors (Lipinski definition) is 0. The summed E-state index contributed by atoms with van der Waals surface area (Å²) in [7, 11) is 0. The van der Waals surface area contributed by atoms with Crippen molar-refractivity contribution in [1.29, 1.82) is 0 Å². The molecular formula is C7H8O2. The van der Waals surface area contributed by atoms with Gasteiger partial charge in [-0.2, -0.15) is 0 Å². The Bertz CT molecular complexity index is 187. The standard InChI is InChI=1S/C7H8O2/c1-4-7(2-3-7)5-6(8-4)9-5/h2-6H,1H3/t4-,5?,6?/m0/s1. The van der Waals surface area contributed by atoms with Gasteiger partial charge in [-0.05, 0) is 6.92 Å². The van der Waals surface area contributed by atoms with Crippen LogP contribution in [0.4, 0.5) is 0 Å². The summed E-state index contributed by atoms with van der Waals surface area (Å²) in [5.74, 6) is 0. The summed E-state index contributed by atoms with van der Waals surface area (Å²) in [5.41, 5.74) is 0.241. The zero-order chi connectivity index (χ0) is 6.06. The molecule has 2 saturated heterocycles. The number of epoxide rings is 1. The molecule has 1 spiro atoms. The van der Waals surface area contributed by atoms with Gasteiger partial charge < -0.3 is 9.47 Å². The molecule has 2 unspecified atom stereocenters. The molecule has 3 aliphatic rings. The first-order chi connectivity index (χ1) is 4.33. The minimum atomic E-state index is 0.134. The average Bonchev–Trinajstić information content (AvgIpc) is 2.51. The maximum absolute atomic E-state index is 5.43. The topological polar surface area (TPSA) is 21.8 Å². The molecule has 0 aromatic rings. The quantitative estimate of drug-likeness (QED) is 0.350. The van der Waals surface area contributed by atoms with Gasteiger partial charge in [-0.3, -0.25) is 0 Å². The highest BCUT2D eigenvalue weighted by molar-refractivity contribution is 5.36. The monoisotopic (exact) mass is 124 g/mol. The molecule has 1 aliphatic carbocycles. The highest BCUT2D eigenvalue weighted by Gasteiger charge is 2.67. The van der Waals surface area contributed by atoms with E-state index in [-0.39, 0.29) is 11.7 Å². The normalized spacial score (nSPS) is 55.9. The van der Waals surface area contributed by atoms with Crippen molar-refractivity contribution >= 4 is 0 Å². The zero-order valence-electron chi connectivity index (χ0n) is 5.20. The summed E-state index contributed by atoms with van der Waals surface area (Å²) in [6.45, 7) is 2.11. The maximum Gasteiger partial charge on any atom is 0.186 e. The summed E-state index contributed by atoms with van der Waals surface area (Å²) in [4.78, 5) is 0. The van der Waals surface area contributed by atoms with Crippen molar-refractivity contribution in [3.05, 3.63) is 12.2 Å². The third kappa shape index (κ3) is 0.345. The van der Waals surface area contributed by atoms with E-state index in [1.807, 2.05) is 0 Å². The van der Waals surface area contributed by atoms with E-state index in [9.17, 15) is 0 Å². The average molecular weight is 124 g/mol. The first-order valence-corrected chi connectivity index (χ1v) is 3.34. The first kappa shape index (κ1) is 4.47. The van der Waals surface area contributed by atoms with Crippen LogP contribution in [0, 0.1) is 5.41 Å².